The van der Waals surface area contributed by atoms with Crippen LogP contribution in [-0.4, -0.2) is 20.9 Å². The van der Waals surface area contributed by atoms with E-state index in [2.05, 4.69) is 15.5 Å². The fourth-order valence-corrected chi connectivity index (χ4v) is 4.65. The average Bonchev–Trinajstić information content (AvgIpc) is 3.17. The maximum absolute atomic E-state index is 13.9. The lowest BCUT2D eigenvalue weighted by Gasteiger charge is -2.20. The Morgan fingerprint density at radius 2 is 1.73 bits per heavy atom. The molecule has 0 aromatic heterocycles. The molecule has 0 aliphatic carbocycles. The van der Waals surface area contributed by atoms with Crippen LogP contribution in [0.25, 0.3) is 0 Å². The summed E-state index contributed by atoms with van der Waals surface area (Å²) >= 11 is 0. The lowest BCUT2D eigenvalue weighted by atomic mass is 10.1. The number of alkyl halides is 2. The van der Waals surface area contributed by atoms with Gasteiger partial charge in [0.15, 0.2) is 0 Å². The molecule has 33 heavy (non-hydrogen) atoms. The van der Waals surface area contributed by atoms with Crippen LogP contribution in [-0.2, 0) is 16.6 Å². The van der Waals surface area contributed by atoms with Crippen molar-refractivity contribution >= 4 is 27.3 Å². The maximum Gasteiger partial charge on any atom is 0.387 e. The Morgan fingerprint density at radius 3 is 2.42 bits per heavy atom. The number of carbonyl (C=O) groups is 1. The van der Waals surface area contributed by atoms with Gasteiger partial charge in [-0.3, -0.25) is 4.79 Å². The average molecular weight is 481 g/mol. The predicted molar refractivity (Wildman–Crippen MR) is 110 cm³/mol. The summed E-state index contributed by atoms with van der Waals surface area (Å²) < 4.78 is 84.1. The standard InChI is InChI=1S/C21H15F4N3O4S/c22-16-5-2-6-17(23)19(16)20(29)27-13-8-7-12-11-26-28(18(12)9-13)33(30,31)15-4-1-3-14(10-15)32-21(24)25/h1-10,21,26H,11H2,(H,27,29). The first kappa shape index (κ1) is 22.6. The van der Waals surface area contributed by atoms with E-state index in [4.69, 9.17) is 0 Å². The Morgan fingerprint density at radius 1 is 1.03 bits per heavy atom. The van der Waals surface area contributed by atoms with Crippen molar-refractivity contribution in [3.63, 3.8) is 0 Å². The summed E-state index contributed by atoms with van der Waals surface area (Å²) in [6.45, 7) is -3.00. The van der Waals surface area contributed by atoms with E-state index in [-0.39, 0.29) is 28.6 Å². The molecule has 172 valence electrons. The molecule has 2 N–H and O–H groups in total. The lowest BCUT2D eigenvalue weighted by molar-refractivity contribution is -0.0500. The van der Waals surface area contributed by atoms with Gasteiger partial charge in [-0.2, -0.15) is 21.6 Å². The highest BCUT2D eigenvalue weighted by atomic mass is 32.2. The van der Waals surface area contributed by atoms with Crippen LogP contribution in [0.3, 0.4) is 0 Å². The molecule has 3 aromatic rings. The monoisotopic (exact) mass is 481 g/mol. The SMILES string of the molecule is O=C(Nc1ccc2c(c1)N(S(=O)(=O)c1cccc(OC(F)F)c1)NC2)c1c(F)cccc1F. The molecule has 0 saturated heterocycles. The van der Waals surface area contributed by atoms with Crippen LogP contribution in [0, 0.1) is 11.6 Å². The number of amides is 1. The van der Waals surface area contributed by atoms with E-state index >= 15 is 0 Å². The van der Waals surface area contributed by atoms with E-state index in [1.807, 2.05) is 0 Å². The van der Waals surface area contributed by atoms with Gasteiger partial charge < -0.3 is 10.1 Å². The fourth-order valence-electron chi connectivity index (χ4n) is 3.26. The van der Waals surface area contributed by atoms with Crippen LogP contribution in [0.2, 0.25) is 0 Å². The number of hydrogen-bond acceptors (Lipinski definition) is 5. The number of anilines is 2. The van der Waals surface area contributed by atoms with Crippen LogP contribution < -0.4 is 19.9 Å². The van der Waals surface area contributed by atoms with Crippen molar-refractivity contribution in [2.75, 3.05) is 9.73 Å². The summed E-state index contributed by atoms with van der Waals surface area (Å²) in [6.07, 6.45) is 0. The molecule has 0 spiro atoms. The topological polar surface area (TPSA) is 87.7 Å². The molecule has 1 aliphatic rings. The number of ether oxygens (including phenoxy) is 1. The minimum absolute atomic E-state index is 0.0834. The highest BCUT2D eigenvalue weighted by Gasteiger charge is 2.32. The number of sulfonamides is 1. The molecule has 0 saturated carbocycles. The van der Waals surface area contributed by atoms with E-state index in [1.54, 1.807) is 0 Å². The third kappa shape index (κ3) is 4.47. The summed E-state index contributed by atoms with van der Waals surface area (Å²) in [5.41, 5.74) is 2.67. The summed E-state index contributed by atoms with van der Waals surface area (Å²) in [7, 11) is -4.26. The summed E-state index contributed by atoms with van der Waals surface area (Å²) in [6, 6.07) is 11.9. The number of halogens is 4. The van der Waals surface area contributed by atoms with Crippen molar-refractivity contribution in [2.45, 2.75) is 18.1 Å². The van der Waals surface area contributed by atoms with Gasteiger partial charge in [0.2, 0.25) is 0 Å². The molecule has 0 unspecified atom stereocenters. The van der Waals surface area contributed by atoms with Gasteiger partial charge in [0.1, 0.15) is 22.9 Å². The lowest BCUT2D eigenvalue weighted by Crippen LogP contribution is -2.38. The molecule has 7 nitrogen and oxygen atoms in total. The smallest absolute Gasteiger partial charge is 0.387 e. The number of nitrogens with one attached hydrogen (secondary N) is 2. The van der Waals surface area contributed by atoms with Gasteiger partial charge in [-0.15, -0.1) is 0 Å². The second-order valence-electron chi connectivity index (χ2n) is 6.85. The molecule has 0 fully saturated rings. The summed E-state index contributed by atoms with van der Waals surface area (Å²) in [5.74, 6) is -3.49. The molecule has 1 amide bonds. The van der Waals surface area contributed by atoms with Gasteiger partial charge in [-0.1, -0.05) is 18.2 Å². The molecule has 1 aliphatic heterocycles. The van der Waals surface area contributed by atoms with E-state index in [1.165, 1.54) is 36.4 Å². The van der Waals surface area contributed by atoms with Crippen molar-refractivity contribution in [2.24, 2.45) is 0 Å². The maximum atomic E-state index is 13.9. The van der Waals surface area contributed by atoms with Gasteiger partial charge >= 0.3 is 6.61 Å². The number of carbonyl (C=O) groups excluding carboxylic acids is 1. The first-order valence-corrected chi connectivity index (χ1v) is 10.8. The molecular formula is C21H15F4N3O4S. The van der Waals surface area contributed by atoms with Crippen LogP contribution >= 0.6 is 0 Å². The minimum Gasteiger partial charge on any atom is -0.435 e. The Kier molecular flexibility index (Phi) is 5.95. The van der Waals surface area contributed by atoms with Crippen molar-refractivity contribution in [1.82, 2.24) is 5.43 Å². The van der Waals surface area contributed by atoms with Crippen LogP contribution in [0.1, 0.15) is 15.9 Å². The van der Waals surface area contributed by atoms with Gasteiger partial charge in [-0.25, -0.2) is 14.2 Å². The van der Waals surface area contributed by atoms with Crippen LogP contribution in [0.5, 0.6) is 5.75 Å². The normalized spacial score (nSPS) is 13.2. The zero-order valence-electron chi connectivity index (χ0n) is 16.6. The van der Waals surface area contributed by atoms with Crippen LogP contribution in [0.15, 0.2) is 65.6 Å². The number of rotatable bonds is 6. The molecule has 0 bridgehead atoms. The van der Waals surface area contributed by atoms with E-state index in [0.29, 0.717) is 5.56 Å². The minimum atomic E-state index is -4.26. The highest BCUT2D eigenvalue weighted by Crippen LogP contribution is 2.33. The predicted octanol–water partition coefficient (Wildman–Crippen LogP) is 4.03. The summed E-state index contributed by atoms with van der Waals surface area (Å²) in [5, 5.41) is 2.34. The van der Waals surface area contributed by atoms with Gasteiger partial charge in [0.25, 0.3) is 15.9 Å². The number of nitrogens with zero attached hydrogens (tertiary/aromatic N) is 1. The molecule has 3 aromatic carbocycles. The zero-order chi connectivity index (χ0) is 23.8. The van der Waals surface area contributed by atoms with Crippen molar-refractivity contribution < 1.29 is 35.5 Å². The van der Waals surface area contributed by atoms with E-state index in [0.717, 1.165) is 28.7 Å². The second-order valence-corrected chi connectivity index (χ2v) is 8.64. The summed E-state index contributed by atoms with van der Waals surface area (Å²) in [4.78, 5) is 12.1. The number of fused-ring (bicyclic) bond motifs is 1. The Balaban J connectivity index is 1.63. The first-order chi connectivity index (χ1) is 15.7. The second kappa shape index (κ2) is 8.71. The Bertz CT molecular complexity index is 1310. The molecular weight excluding hydrogens is 466 g/mol. The van der Waals surface area contributed by atoms with E-state index in [9.17, 15) is 30.8 Å². The quantitative estimate of drug-likeness (QED) is 0.519. The first-order valence-electron chi connectivity index (χ1n) is 9.39. The third-order valence-electron chi connectivity index (χ3n) is 4.73. The largest absolute Gasteiger partial charge is 0.435 e. The molecule has 0 atom stereocenters. The number of hydrogen-bond donors (Lipinski definition) is 2. The van der Waals surface area contributed by atoms with Gasteiger partial charge in [0.05, 0.1) is 10.6 Å². The Hall–Kier alpha value is -3.64. The number of hydrazine groups is 1. The molecule has 4 rings (SSSR count). The molecule has 0 radical (unpaired) electrons. The van der Waals surface area contributed by atoms with Crippen molar-refractivity contribution in [3.05, 3.63) is 83.4 Å². The van der Waals surface area contributed by atoms with Gasteiger partial charge in [-0.05, 0) is 42.0 Å². The molecule has 1 heterocycles. The van der Waals surface area contributed by atoms with Crippen molar-refractivity contribution in [1.29, 1.82) is 0 Å². The number of benzene rings is 3. The molecule has 12 heteroatoms. The highest BCUT2D eigenvalue weighted by molar-refractivity contribution is 7.92. The van der Waals surface area contributed by atoms with Crippen LogP contribution in [0.4, 0.5) is 28.9 Å². The van der Waals surface area contributed by atoms with E-state index < -0.39 is 39.7 Å². The van der Waals surface area contributed by atoms with Gasteiger partial charge in [0, 0.05) is 18.3 Å². The third-order valence-corrected chi connectivity index (χ3v) is 6.39. The Labute approximate surface area is 185 Å². The fraction of sp³-hybridized carbons (Fsp3) is 0.0952. The van der Waals surface area contributed by atoms with Crippen molar-refractivity contribution in [3.8, 4) is 5.75 Å². The zero-order valence-corrected chi connectivity index (χ0v) is 17.4.